The Morgan fingerprint density at radius 3 is 2.74 bits per heavy atom. The van der Waals surface area contributed by atoms with E-state index < -0.39 is 5.60 Å². The molecule has 2 rings (SSSR count). The van der Waals surface area contributed by atoms with E-state index >= 15 is 0 Å². The van der Waals surface area contributed by atoms with E-state index in [2.05, 4.69) is 15.3 Å². The standard InChI is InChI=1S/C13H20N4O2/c1-13(2,3)19-12(18)17-8-7-14-9-10(17)11-15-5-4-6-16-11/h4-6,10,14H,7-9H2,1-3H3. The molecule has 19 heavy (non-hydrogen) atoms. The zero-order valence-corrected chi connectivity index (χ0v) is 11.6. The number of ether oxygens (including phenoxy) is 1. The SMILES string of the molecule is CC(C)(C)OC(=O)N1CCNCC1c1ncccn1. The second-order valence-electron chi connectivity index (χ2n) is 5.50. The van der Waals surface area contributed by atoms with Crippen molar-refractivity contribution in [3.63, 3.8) is 0 Å². The third kappa shape index (κ3) is 3.64. The Bertz CT molecular complexity index is 430. The van der Waals surface area contributed by atoms with Crippen LogP contribution in [0.5, 0.6) is 0 Å². The van der Waals surface area contributed by atoms with Crippen LogP contribution in [0.2, 0.25) is 0 Å². The van der Waals surface area contributed by atoms with Gasteiger partial charge in [-0.15, -0.1) is 0 Å². The van der Waals surface area contributed by atoms with Crippen LogP contribution in [0, 0.1) is 0 Å². The van der Waals surface area contributed by atoms with Crippen LogP contribution in [-0.4, -0.2) is 46.2 Å². The molecule has 1 aromatic heterocycles. The number of aromatic nitrogens is 2. The van der Waals surface area contributed by atoms with Crippen LogP contribution < -0.4 is 5.32 Å². The van der Waals surface area contributed by atoms with Crippen LogP contribution >= 0.6 is 0 Å². The van der Waals surface area contributed by atoms with E-state index in [1.54, 1.807) is 23.4 Å². The number of amides is 1. The Hall–Kier alpha value is -1.69. The maximum Gasteiger partial charge on any atom is 0.411 e. The van der Waals surface area contributed by atoms with Gasteiger partial charge in [0.1, 0.15) is 11.6 Å². The summed E-state index contributed by atoms with van der Waals surface area (Å²) in [6.45, 7) is 7.58. The lowest BCUT2D eigenvalue weighted by molar-refractivity contribution is 0.0108. The lowest BCUT2D eigenvalue weighted by Crippen LogP contribution is -2.50. The summed E-state index contributed by atoms with van der Waals surface area (Å²) in [5.41, 5.74) is -0.496. The summed E-state index contributed by atoms with van der Waals surface area (Å²) in [5, 5.41) is 3.25. The number of carbonyl (C=O) groups is 1. The van der Waals surface area contributed by atoms with Gasteiger partial charge in [0, 0.05) is 32.0 Å². The molecule has 0 aliphatic carbocycles. The molecule has 0 saturated carbocycles. The number of nitrogens with zero attached hydrogens (tertiary/aromatic N) is 3. The van der Waals surface area contributed by atoms with Crippen molar-refractivity contribution < 1.29 is 9.53 Å². The summed E-state index contributed by atoms with van der Waals surface area (Å²) in [6, 6.07) is 1.59. The van der Waals surface area contributed by atoms with Crippen molar-refractivity contribution in [2.24, 2.45) is 0 Å². The topological polar surface area (TPSA) is 67.3 Å². The fraction of sp³-hybridized carbons (Fsp3) is 0.615. The van der Waals surface area contributed by atoms with Crippen molar-refractivity contribution in [3.8, 4) is 0 Å². The Morgan fingerprint density at radius 2 is 2.11 bits per heavy atom. The molecule has 1 saturated heterocycles. The minimum Gasteiger partial charge on any atom is -0.444 e. The molecule has 1 aliphatic rings. The Labute approximate surface area is 113 Å². The molecule has 1 fully saturated rings. The molecule has 0 bridgehead atoms. The smallest absolute Gasteiger partial charge is 0.411 e. The van der Waals surface area contributed by atoms with Gasteiger partial charge in [-0.3, -0.25) is 4.90 Å². The van der Waals surface area contributed by atoms with Crippen molar-refractivity contribution in [2.75, 3.05) is 19.6 Å². The monoisotopic (exact) mass is 264 g/mol. The van der Waals surface area contributed by atoms with Gasteiger partial charge in [0.2, 0.25) is 0 Å². The van der Waals surface area contributed by atoms with Crippen molar-refractivity contribution in [3.05, 3.63) is 24.3 Å². The first kappa shape index (κ1) is 13.7. The lowest BCUT2D eigenvalue weighted by atomic mass is 10.1. The van der Waals surface area contributed by atoms with Gasteiger partial charge in [-0.05, 0) is 26.8 Å². The molecule has 0 radical (unpaired) electrons. The molecular weight excluding hydrogens is 244 g/mol. The van der Waals surface area contributed by atoms with Gasteiger partial charge in [-0.2, -0.15) is 0 Å². The molecular formula is C13H20N4O2. The molecule has 1 amide bonds. The molecule has 2 heterocycles. The number of nitrogens with one attached hydrogen (secondary N) is 1. The molecule has 6 heteroatoms. The number of hydrogen-bond acceptors (Lipinski definition) is 5. The highest BCUT2D eigenvalue weighted by atomic mass is 16.6. The minimum atomic E-state index is -0.496. The Kier molecular flexibility index (Phi) is 3.99. The predicted octanol–water partition coefficient (Wildman–Crippen LogP) is 1.36. The first-order valence-electron chi connectivity index (χ1n) is 6.44. The second-order valence-corrected chi connectivity index (χ2v) is 5.50. The van der Waals surface area contributed by atoms with E-state index in [-0.39, 0.29) is 12.1 Å². The highest BCUT2D eigenvalue weighted by molar-refractivity contribution is 5.69. The van der Waals surface area contributed by atoms with Crippen LogP contribution in [0.1, 0.15) is 32.6 Å². The maximum atomic E-state index is 12.2. The van der Waals surface area contributed by atoms with Gasteiger partial charge in [0.25, 0.3) is 0 Å². The van der Waals surface area contributed by atoms with Crippen LogP contribution in [0.15, 0.2) is 18.5 Å². The van der Waals surface area contributed by atoms with Gasteiger partial charge in [0.15, 0.2) is 5.82 Å². The molecule has 1 aromatic rings. The number of carbonyl (C=O) groups excluding carboxylic acids is 1. The maximum absolute atomic E-state index is 12.2. The molecule has 0 aromatic carbocycles. The molecule has 1 aliphatic heterocycles. The molecule has 1 unspecified atom stereocenters. The molecule has 104 valence electrons. The van der Waals surface area contributed by atoms with Crippen molar-refractivity contribution in [2.45, 2.75) is 32.4 Å². The third-order valence-corrected chi connectivity index (χ3v) is 2.76. The molecule has 1 atom stereocenters. The van der Waals surface area contributed by atoms with E-state index in [4.69, 9.17) is 4.74 Å². The van der Waals surface area contributed by atoms with Crippen LogP contribution in [0.3, 0.4) is 0 Å². The number of hydrogen-bond donors (Lipinski definition) is 1. The molecule has 6 nitrogen and oxygen atoms in total. The largest absolute Gasteiger partial charge is 0.444 e. The highest BCUT2D eigenvalue weighted by Gasteiger charge is 2.32. The van der Waals surface area contributed by atoms with E-state index in [0.717, 1.165) is 6.54 Å². The number of rotatable bonds is 1. The fourth-order valence-corrected chi connectivity index (χ4v) is 1.96. The minimum absolute atomic E-state index is 0.176. The third-order valence-electron chi connectivity index (χ3n) is 2.76. The Balaban J connectivity index is 2.15. The second kappa shape index (κ2) is 5.52. The normalized spacial score (nSPS) is 20.2. The summed E-state index contributed by atoms with van der Waals surface area (Å²) < 4.78 is 5.43. The van der Waals surface area contributed by atoms with Gasteiger partial charge in [-0.25, -0.2) is 14.8 Å². The average molecular weight is 264 g/mol. The van der Waals surface area contributed by atoms with E-state index in [0.29, 0.717) is 18.9 Å². The first-order valence-corrected chi connectivity index (χ1v) is 6.44. The summed E-state index contributed by atoms with van der Waals surface area (Å²) in [5.74, 6) is 0.639. The van der Waals surface area contributed by atoms with Gasteiger partial charge >= 0.3 is 6.09 Å². The van der Waals surface area contributed by atoms with E-state index in [1.165, 1.54) is 0 Å². The summed E-state index contributed by atoms with van der Waals surface area (Å²) >= 11 is 0. The summed E-state index contributed by atoms with van der Waals surface area (Å²) in [7, 11) is 0. The quantitative estimate of drug-likeness (QED) is 0.829. The van der Waals surface area contributed by atoms with Gasteiger partial charge in [-0.1, -0.05) is 0 Å². The van der Waals surface area contributed by atoms with Crippen molar-refractivity contribution >= 4 is 6.09 Å². The van der Waals surface area contributed by atoms with Gasteiger partial charge in [0.05, 0.1) is 0 Å². The first-order chi connectivity index (χ1) is 8.97. The average Bonchev–Trinajstić information content (AvgIpc) is 2.38. The van der Waals surface area contributed by atoms with Crippen molar-refractivity contribution in [1.29, 1.82) is 0 Å². The number of piperazine rings is 1. The summed E-state index contributed by atoms with van der Waals surface area (Å²) in [6.07, 6.45) is 3.06. The Morgan fingerprint density at radius 1 is 1.42 bits per heavy atom. The van der Waals surface area contributed by atoms with E-state index in [1.807, 2.05) is 20.8 Å². The van der Waals surface area contributed by atoms with Crippen LogP contribution in [-0.2, 0) is 4.74 Å². The lowest BCUT2D eigenvalue weighted by Gasteiger charge is -2.36. The molecule has 0 spiro atoms. The zero-order chi connectivity index (χ0) is 13.9. The summed E-state index contributed by atoms with van der Waals surface area (Å²) in [4.78, 5) is 22.4. The van der Waals surface area contributed by atoms with Crippen LogP contribution in [0.4, 0.5) is 4.79 Å². The highest BCUT2D eigenvalue weighted by Crippen LogP contribution is 2.21. The van der Waals surface area contributed by atoms with Crippen molar-refractivity contribution in [1.82, 2.24) is 20.2 Å². The predicted molar refractivity (Wildman–Crippen MR) is 70.6 cm³/mol. The molecule has 1 N–H and O–H groups in total. The van der Waals surface area contributed by atoms with Gasteiger partial charge < -0.3 is 10.1 Å². The van der Waals surface area contributed by atoms with Crippen LogP contribution in [0.25, 0.3) is 0 Å². The zero-order valence-electron chi connectivity index (χ0n) is 11.6. The van der Waals surface area contributed by atoms with E-state index in [9.17, 15) is 4.79 Å². The fourth-order valence-electron chi connectivity index (χ4n) is 1.96.